The van der Waals surface area contributed by atoms with E-state index in [1.807, 2.05) is 26.0 Å². The number of aliphatic hydroxyl groups is 1. The summed E-state index contributed by atoms with van der Waals surface area (Å²) in [5.74, 6) is 0.306. The first kappa shape index (κ1) is 14.0. The van der Waals surface area contributed by atoms with E-state index < -0.39 is 0 Å². The smallest absolute Gasteiger partial charge is 0.120 e. The lowest BCUT2D eigenvalue weighted by atomic mass is 10.0. The first-order valence-electron chi connectivity index (χ1n) is 6.25. The van der Waals surface area contributed by atoms with E-state index in [9.17, 15) is 10.2 Å². The Kier molecular flexibility index (Phi) is 5.45. The number of benzene rings is 1. The Morgan fingerprint density at radius 2 is 2.06 bits per heavy atom. The van der Waals surface area contributed by atoms with Crippen molar-refractivity contribution in [3.8, 4) is 5.75 Å². The van der Waals surface area contributed by atoms with Crippen LogP contribution in [0.25, 0.3) is 0 Å². The van der Waals surface area contributed by atoms with Gasteiger partial charge in [0.1, 0.15) is 5.75 Å². The number of aromatic hydroxyl groups is 1. The number of hydrogen-bond acceptors (Lipinski definition) is 3. The van der Waals surface area contributed by atoms with Crippen molar-refractivity contribution in [1.82, 2.24) is 5.32 Å². The van der Waals surface area contributed by atoms with Crippen molar-refractivity contribution in [2.75, 3.05) is 6.54 Å². The van der Waals surface area contributed by atoms with E-state index >= 15 is 0 Å². The minimum atomic E-state index is -0.311. The van der Waals surface area contributed by atoms with Gasteiger partial charge in [0.15, 0.2) is 0 Å². The third-order valence-corrected chi connectivity index (χ3v) is 2.93. The van der Waals surface area contributed by atoms with Gasteiger partial charge in [-0.2, -0.15) is 0 Å². The second kappa shape index (κ2) is 6.62. The molecule has 0 amide bonds. The van der Waals surface area contributed by atoms with Crippen LogP contribution in [0.5, 0.6) is 5.75 Å². The number of rotatable bonds is 6. The van der Waals surface area contributed by atoms with Crippen molar-refractivity contribution in [2.24, 2.45) is 0 Å². The zero-order valence-corrected chi connectivity index (χ0v) is 10.9. The van der Waals surface area contributed by atoms with Crippen molar-refractivity contribution < 1.29 is 10.2 Å². The Morgan fingerprint density at radius 3 is 2.71 bits per heavy atom. The highest BCUT2D eigenvalue weighted by Crippen LogP contribution is 2.24. The normalized spacial score (nSPS) is 14.6. The molecule has 0 saturated carbocycles. The van der Waals surface area contributed by atoms with Crippen LogP contribution < -0.4 is 5.32 Å². The van der Waals surface area contributed by atoms with Crippen LogP contribution in [-0.4, -0.2) is 22.9 Å². The fourth-order valence-electron chi connectivity index (χ4n) is 1.88. The number of hydrogen-bond donors (Lipinski definition) is 3. The van der Waals surface area contributed by atoms with E-state index in [0.717, 1.165) is 24.0 Å². The predicted molar refractivity (Wildman–Crippen MR) is 70.2 cm³/mol. The lowest BCUT2D eigenvalue weighted by Crippen LogP contribution is -2.29. The highest BCUT2D eigenvalue weighted by Gasteiger charge is 2.11. The molecule has 3 heteroatoms. The van der Waals surface area contributed by atoms with Crippen molar-refractivity contribution >= 4 is 0 Å². The minimum absolute atomic E-state index is 0.0430. The maximum atomic E-state index is 9.77. The van der Waals surface area contributed by atoms with E-state index in [-0.39, 0.29) is 12.1 Å². The standard InChI is InChI=1S/C14H23NO2/c1-4-5-12(16)9-15-11(3)13-8-10(2)6-7-14(13)17/h6-8,11-12,15-17H,4-5,9H2,1-3H3. The molecule has 0 aliphatic carbocycles. The predicted octanol–water partition coefficient (Wildman–Crippen LogP) is 2.51. The van der Waals surface area contributed by atoms with Crippen LogP contribution in [0.15, 0.2) is 18.2 Å². The van der Waals surface area contributed by atoms with Crippen LogP contribution in [0.1, 0.15) is 43.9 Å². The van der Waals surface area contributed by atoms with Gasteiger partial charge < -0.3 is 15.5 Å². The van der Waals surface area contributed by atoms with Gasteiger partial charge in [-0.1, -0.05) is 31.0 Å². The number of aliphatic hydroxyl groups excluding tert-OH is 1. The molecule has 0 heterocycles. The number of aryl methyl sites for hydroxylation is 1. The Balaban J connectivity index is 2.57. The van der Waals surface area contributed by atoms with Gasteiger partial charge in [-0.3, -0.25) is 0 Å². The second-order valence-electron chi connectivity index (χ2n) is 4.63. The molecule has 2 unspecified atom stereocenters. The zero-order valence-electron chi connectivity index (χ0n) is 10.9. The molecule has 1 rings (SSSR count). The van der Waals surface area contributed by atoms with Gasteiger partial charge in [0.25, 0.3) is 0 Å². The van der Waals surface area contributed by atoms with Crippen molar-refractivity contribution in [3.63, 3.8) is 0 Å². The summed E-state index contributed by atoms with van der Waals surface area (Å²) in [5.41, 5.74) is 2.01. The summed E-state index contributed by atoms with van der Waals surface area (Å²) in [5, 5.41) is 22.7. The van der Waals surface area contributed by atoms with Gasteiger partial charge in [-0.05, 0) is 26.3 Å². The van der Waals surface area contributed by atoms with Crippen molar-refractivity contribution in [3.05, 3.63) is 29.3 Å². The number of nitrogens with one attached hydrogen (secondary N) is 1. The largest absolute Gasteiger partial charge is 0.508 e. The van der Waals surface area contributed by atoms with Gasteiger partial charge in [-0.25, -0.2) is 0 Å². The summed E-state index contributed by atoms with van der Waals surface area (Å²) in [4.78, 5) is 0. The number of phenols is 1. The fourth-order valence-corrected chi connectivity index (χ4v) is 1.88. The van der Waals surface area contributed by atoms with Crippen LogP contribution in [0.2, 0.25) is 0 Å². The minimum Gasteiger partial charge on any atom is -0.508 e. The van der Waals surface area contributed by atoms with Gasteiger partial charge in [0, 0.05) is 18.2 Å². The maximum absolute atomic E-state index is 9.77. The Labute approximate surface area is 103 Å². The van der Waals surface area contributed by atoms with E-state index in [1.165, 1.54) is 0 Å². The van der Waals surface area contributed by atoms with Crippen LogP contribution in [0.4, 0.5) is 0 Å². The van der Waals surface area contributed by atoms with E-state index in [2.05, 4.69) is 12.2 Å². The second-order valence-corrected chi connectivity index (χ2v) is 4.63. The molecule has 0 aromatic heterocycles. The average Bonchev–Trinajstić information content (AvgIpc) is 2.29. The summed E-state index contributed by atoms with van der Waals surface area (Å²) >= 11 is 0. The van der Waals surface area contributed by atoms with Crippen molar-refractivity contribution in [2.45, 2.75) is 45.8 Å². The Hall–Kier alpha value is -1.06. The van der Waals surface area contributed by atoms with Gasteiger partial charge >= 0.3 is 0 Å². The molecular weight excluding hydrogens is 214 g/mol. The first-order valence-corrected chi connectivity index (χ1v) is 6.25. The molecule has 0 aliphatic heterocycles. The molecule has 3 nitrogen and oxygen atoms in total. The highest BCUT2D eigenvalue weighted by molar-refractivity contribution is 5.37. The molecule has 0 bridgehead atoms. The van der Waals surface area contributed by atoms with Crippen LogP contribution in [0.3, 0.4) is 0 Å². The lowest BCUT2D eigenvalue weighted by molar-refractivity contribution is 0.157. The molecule has 3 N–H and O–H groups in total. The summed E-state index contributed by atoms with van der Waals surface area (Å²) in [6.45, 7) is 6.61. The summed E-state index contributed by atoms with van der Waals surface area (Å²) in [7, 11) is 0. The zero-order chi connectivity index (χ0) is 12.8. The Bertz CT molecular complexity index is 352. The SMILES string of the molecule is CCCC(O)CNC(C)c1cc(C)ccc1O. The van der Waals surface area contributed by atoms with E-state index in [0.29, 0.717) is 12.3 Å². The Morgan fingerprint density at radius 1 is 1.35 bits per heavy atom. The van der Waals surface area contributed by atoms with Crippen molar-refractivity contribution in [1.29, 1.82) is 0 Å². The maximum Gasteiger partial charge on any atom is 0.120 e. The first-order chi connectivity index (χ1) is 8.04. The van der Waals surface area contributed by atoms with Crippen LogP contribution >= 0.6 is 0 Å². The molecule has 0 saturated heterocycles. The van der Waals surface area contributed by atoms with Crippen LogP contribution in [0, 0.1) is 6.92 Å². The molecule has 17 heavy (non-hydrogen) atoms. The quantitative estimate of drug-likeness (QED) is 0.712. The van der Waals surface area contributed by atoms with Gasteiger partial charge in [0.05, 0.1) is 6.10 Å². The van der Waals surface area contributed by atoms with Gasteiger partial charge in [0.2, 0.25) is 0 Å². The monoisotopic (exact) mass is 237 g/mol. The summed E-state index contributed by atoms with van der Waals surface area (Å²) in [6.07, 6.45) is 1.47. The molecule has 96 valence electrons. The fraction of sp³-hybridized carbons (Fsp3) is 0.571. The third-order valence-electron chi connectivity index (χ3n) is 2.93. The molecule has 2 atom stereocenters. The molecule has 1 aromatic carbocycles. The highest BCUT2D eigenvalue weighted by atomic mass is 16.3. The molecule has 0 spiro atoms. The molecule has 0 aliphatic rings. The summed E-state index contributed by atoms with van der Waals surface area (Å²) in [6, 6.07) is 5.61. The summed E-state index contributed by atoms with van der Waals surface area (Å²) < 4.78 is 0. The molecular formula is C14H23NO2. The van der Waals surface area contributed by atoms with E-state index in [1.54, 1.807) is 6.07 Å². The van der Waals surface area contributed by atoms with Gasteiger partial charge in [-0.15, -0.1) is 0 Å². The van der Waals surface area contributed by atoms with Crippen LogP contribution in [-0.2, 0) is 0 Å². The average molecular weight is 237 g/mol. The topological polar surface area (TPSA) is 52.5 Å². The number of phenolic OH excluding ortho intramolecular Hbond substituents is 1. The van der Waals surface area contributed by atoms with E-state index in [4.69, 9.17) is 0 Å². The molecule has 0 radical (unpaired) electrons. The lowest BCUT2D eigenvalue weighted by Gasteiger charge is -2.18. The third kappa shape index (κ3) is 4.36. The molecule has 0 fully saturated rings. The molecule has 1 aromatic rings.